The van der Waals surface area contributed by atoms with Crippen LogP contribution in [-0.4, -0.2) is 34.3 Å². The van der Waals surface area contributed by atoms with Crippen molar-refractivity contribution >= 4 is 17.3 Å². The zero-order chi connectivity index (χ0) is 19.4. The summed E-state index contributed by atoms with van der Waals surface area (Å²) in [5.74, 6) is 0.332. The predicted molar refractivity (Wildman–Crippen MR) is 105 cm³/mol. The Kier molecular flexibility index (Phi) is 5.71. The van der Waals surface area contributed by atoms with Gasteiger partial charge in [-0.2, -0.15) is 0 Å². The molecule has 3 rings (SSSR count). The Bertz CT molecular complexity index is 968. The molecule has 1 aromatic carbocycles. The number of hydrogen-bond donors (Lipinski definition) is 1. The number of thiazole rings is 1. The molecule has 7 heteroatoms. The topological polar surface area (TPSA) is 81.5 Å². The van der Waals surface area contributed by atoms with Crippen molar-refractivity contribution in [3.63, 3.8) is 0 Å². The van der Waals surface area contributed by atoms with E-state index in [2.05, 4.69) is 9.97 Å². The van der Waals surface area contributed by atoms with Crippen molar-refractivity contribution in [2.75, 3.05) is 13.2 Å². The van der Waals surface area contributed by atoms with Gasteiger partial charge in [0.1, 0.15) is 10.7 Å². The SMILES string of the molecule is CCOc1ccc(-c2nc(-c3ccc(C)c(C(=O)O)n3)cs2)cc1OCC. The molecule has 0 spiro atoms. The molecule has 1 N–H and O–H groups in total. The summed E-state index contributed by atoms with van der Waals surface area (Å²) < 4.78 is 11.3. The molecule has 2 aromatic heterocycles. The van der Waals surface area contributed by atoms with Crippen molar-refractivity contribution in [3.8, 4) is 33.5 Å². The lowest BCUT2D eigenvalue weighted by Gasteiger charge is -2.11. The summed E-state index contributed by atoms with van der Waals surface area (Å²) in [6.07, 6.45) is 0. The van der Waals surface area contributed by atoms with Crippen LogP contribution in [0.5, 0.6) is 11.5 Å². The molecule has 0 unspecified atom stereocenters. The van der Waals surface area contributed by atoms with Gasteiger partial charge in [0.15, 0.2) is 17.2 Å². The number of carboxylic acid groups (broad SMARTS) is 1. The normalized spacial score (nSPS) is 10.6. The van der Waals surface area contributed by atoms with Gasteiger partial charge in [0.05, 0.1) is 18.9 Å². The van der Waals surface area contributed by atoms with Crippen LogP contribution in [0.25, 0.3) is 22.0 Å². The fraction of sp³-hybridized carbons (Fsp3) is 0.250. The van der Waals surface area contributed by atoms with E-state index in [-0.39, 0.29) is 5.69 Å². The summed E-state index contributed by atoms with van der Waals surface area (Å²) in [5.41, 5.74) is 2.75. The first-order valence-electron chi connectivity index (χ1n) is 8.60. The summed E-state index contributed by atoms with van der Waals surface area (Å²) >= 11 is 1.47. The number of carbonyl (C=O) groups is 1. The third kappa shape index (κ3) is 4.09. The Labute approximate surface area is 161 Å². The van der Waals surface area contributed by atoms with Crippen LogP contribution in [0.4, 0.5) is 0 Å². The highest BCUT2D eigenvalue weighted by molar-refractivity contribution is 7.13. The van der Waals surface area contributed by atoms with Crippen LogP contribution >= 0.6 is 11.3 Å². The molecule has 0 saturated carbocycles. The Morgan fingerprint density at radius 1 is 1.04 bits per heavy atom. The molecule has 0 saturated heterocycles. The maximum Gasteiger partial charge on any atom is 0.354 e. The standard InChI is InChI=1S/C20H20N2O4S/c1-4-25-16-9-7-13(10-17(16)26-5-2)19-22-15(11-27-19)14-8-6-12(3)18(21-14)20(23)24/h6-11H,4-5H2,1-3H3,(H,23,24). The second kappa shape index (κ2) is 8.18. The summed E-state index contributed by atoms with van der Waals surface area (Å²) in [4.78, 5) is 20.2. The molecule has 0 aliphatic rings. The van der Waals surface area contributed by atoms with Crippen LogP contribution in [-0.2, 0) is 0 Å². The zero-order valence-electron chi connectivity index (χ0n) is 15.4. The van der Waals surface area contributed by atoms with Crippen LogP contribution < -0.4 is 9.47 Å². The van der Waals surface area contributed by atoms with Gasteiger partial charge in [-0.25, -0.2) is 14.8 Å². The lowest BCUT2D eigenvalue weighted by atomic mass is 10.1. The number of benzene rings is 1. The molecule has 0 fully saturated rings. The van der Waals surface area contributed by atoms with Crippen molar-refractivity contribution in [1.82, 2.24) is 9.97 Å². The smallest absolute Gasteiger partial charge is 0.354 e. The van der Waals surface area contributed by atoms with Crippen molar-refractivity contribution in [2.45, 2.75) is 20.8 Å². The van der Waals surface area contributed by atoms with Crippen LogP contribution in [0.1, 0.15) is 29.9 Å². The first-order chi connectivity index (χ1) is 13.0. The molecule has 0 aliphatic heterocycles. The summed E-state index contributed by atoms with van der Waals surface area (Å²) in [7, 11) is 0. The second-order valence-electron chi connectivity index (χ2n) is 5.73. The van der Waals surface area contributed by atoms with E-state index in [9.17, 15) is 9.90 Å². The number of carboxylic acids is 1. The zero-order valence-corrected chi connectivity index (χ0v) is 16.2. The third-order valence-corrected chi connectivity index (χ3v) is 4.75. The molecular weight excluding hydrogens is 364 g/mol. The molecule has 0 radical (unpaired) electrons. The maximum absolute atomic E-state index is 11.3. The minimum Gasteiger partial charge on any atom is -0.490 e. The van der Waals surface area contributed by atoms with Gasteiger partial charge >= 0.3 is 5.97 Å². The predicted octanol–water partition coefficient (Wildman–Crippen LogP) is 4.68. The van der Waals surface area contributed by atoms with Gasteiger partial charge in [-0.3, -0.25) is 0 Å². The van der Waals surface area contributed by atoms with Gasteiger partial charge < -0.3 is 14.6 Å². The largest absolute Gasteiger partial charge is 0.490 e. The van der Waals surface area contributed by atoms with E-state index < -0.39 is 5.97 Å². The fourth-order valence-electron chi connectivity index (χ4n) is 2.60. The first kappa shape index (κ1) is 18.8. The van der Waals surface area contributed by atoms with Crippen molar-refractivity contribution in [2.24, 2.45) is 0 Å². The number of aryl methyl sites for hydroxylation is 1. The molecule has 0 amide bonds. The molecule has 3 aromatic rings. The van der Waals surface area contributed by atoms with Crippen LogP contribution in [0.3, 0.4) is 0 Å². The maximum atomic E-state index is 11.3. The van der Waals surface area contributed by atoms with Gasteiger partial charge in [0.2, 0.25) is 0 Å². The average molecular weight is 384 g/mol. The molecule has 140 valence electrons. The number of aromatic nitrogens is 2. The molecule has 2 heterocycles. The van der Waals surface area contributed by atoms with Crippen LogP contribution in [0, 0.1) is 6.92 Å². The molecule has 0 aliphatic carbocycles. The first-order valence-corrected chi connectivity index (χ1v) is 9.48. The lowest BCUT2D eigenvalue weighted by molar-refractivity contribution is 0.0690. The monoisotopic (exact) mass is 384 g/mol. The van der Waals surface area contributed by atoms with Gasteiger partial charge in [-0.15, -0.1) is 11.3 Å². The van der Waals surface area contributed by atoms with Crippen molar-refractivity contribution in [3.05, 3.63) is 47.0 Å². The minimum absolute atomic E-state index is 0.0433. The lowest BCUT2D eigenvalue weighted by Crippen LogP contribution is -2.04. The minimum atomic E-state index is -1.04. The van der Waals surface area contributed by atoms with Gasteiger partial charge in [0.25, 0.3) is 0 Å². The van der Waals surface area contributed by atoms with E-state index in [4.69, 9.17) is 9.47 Å². The Morgan fingerprint density at radius 2 is 1.78 bits per heavy atom. The van der Waals surface area contributed by atoms with E-state index in [0.717, 1.165) is 10.6 Å². The van der Waals surface area contributed by atoms with Crippen molar-refractivity contribution in [1.29, 1.82) is 0 Å². The van der Waals surface area contributed by atoms with E-state index >= 15 is 0 Å². The number of aromatic carboxylic acids is 1. The molecule has 6 nitrogen and oxygen atoms in total. The fourth-order valence-corrected chi connectivity index (χ4v) is 3.41. The number of nitrogens with zero attached hydrogens (tertiary/aromatic N) is 2. The Hall–Kier alpha value is -2.93. The average Bonchev–Trinajstić information content (AvgIpc) is 3.14. The molecule has 0 atom stereocenters. The summed E-state index contributed by atoms with van der Waals surface area (Å²) in [6.45, 7) is 6.68. The number of hydrogen-bond acceptors (Lipinski definition) is 6. The highest BCUT2D eigenvalue weighted by Crippen LogP contribution is 2.35. The number of ether oxygens (including phenoxy) is 2. The second-order valence-corrected chi connectivity index (χ2v) is 6.59. The van der Waals surface area contributed by atoms with E-state index in [1.807, 2.05) is 37.4 Å². The number of pyridine rings is 1. The van der Waals surface area contributed by atoms with E-state index in [1.54, 1.807) is 19.1 Å². The molecular formula is C20H20N2O4S. The van der Waals surface area contributed by atoms with Gasteiger partial charge in [-0.05, 0) is 50.6 Å². The van der Waals surface area contributed by atoms with Gasteiger partial charge in [-0.1, -0.05) is 6.07 Å². The molecule has 0 bridgehead atoms. The van der Waals surface area contributed by atoms with Crippen LogP contribution in [0.2, 0.25) is 0 Å². The van der Waals surface area contributed by atoms with E-state index in [1.165, 1.54) is 11.3 Å². The summed E-state index contributed by atoms with van der Waals surface area (Å²) in [6, 6.07) is 9.24. The highest BCUT2D eigenvalue weighted by atomic mass is 32.1. The van der Waals surface area contributed by atoms with Crippen LogP contribution in [0.15, 0.2) is 35.7 Å². The highest BCUT2D eigenvalue weighted by Gasteiger charge is 2.14. The molecule has 27 heavy (non-hydrogen) atoms. The Balaban J connectivity index is 1.95. The number of rotatable bonds is 7. The van der Waals surface area contributed by atoms with Crippen molar-refractivity contribution < 1.29 is 19.4 Å². The summed E-state index contributed by atoms with van der Waals surface area (Å²) in [5, 5.41) is 11.9. The third-order valence-electron chi connectivity index (χ3n) is 3.86. The Morgan fingerprint density at radius 3 is 2.48 bits per heavy atom. The van der Waals surface area contributed by atoms with Gasteiger partial charge in [0, 0.05) is 10.9 Å². The quantitative estimate of drug-likeness (QED) is 0.637. The van der Waals surface area contributed by atoms with E-state index in [0.29, 0.717) is 41.7 Å².